The molecule has 21 heavy (non-hydrogen) atoms. The molecule has 0 saturated heterocycles. The van der Waals surface area contributed by atoms with Gasteiger partial charge in [-0.05, 0) is 30.0 Å². The normalized spacial score (nSPS) is 13.2. The topological polar surface area (TPSA) is 105 Å². The van der Waals surface area contributed by atoms with Crippen LogP contribution in [0.2, 0.25) is 0 Å². The molecule has 0 aliphatic rings. The van der Waals surface area contributed by atoms with E-state index in [4.69, 9.17) is 10.9 Å². The molecule has 1 aromatic rings. The summed E-state index contributed by atoms with van der Waals surface area (Å²) in [7, 11) is -3.55. The molecular weight excluding hydrogens is 297 g/mol. The van der Waals surface area contributed by atoms with Crippen molar-refractivity contribution in [2.45, 2.75) is 27.2 Å². The molecule has 0 fully saturated rings. The quantitative estimate of drug-likeness (QED) is 0.335. The first-order valence-corrected chi connectivity index (χ1v) is 7.97. The van der Waals surface area contributed by atoms with Crippen molar-refractivity contribution in [3.63, 3.8) is 0 Å². The number of sulfonamides is 1. The molecule has 0 aliphatic carbocycles. The smallest absolute Gasteiger partial charge is 0.232 e. The Kier molecular flexibility index (Phi) is 5.16. The molecule has 1 aromatic carbocycles. The predicted molar refractivity (Wildman–Crippen MR) is 80.4 cm³/mol. The van der Waals surface area contributed by atoms with Crippen LogP contribution in [-0.4, -0.2) is 25.2 Å². The number of nitrogens with zero attached hydrogens (tertiary/aromatic N) is 1. The summed E-state index contributed by atoms with van der Waals surface area (Å²) >= 11 is 0. The van der Waals surface area contributed by atoms with Crippen LogP contribution in [0.3, 0.4) is 0 Å². The van der Waals surface area contributed by atoms with Crippen molar-refractivity contribution >= 4 is 21.5 Å². The summed E-state index contributed by atoms with van der Waals surface area (Å²) in [6.07, 6.45) is 0.483. The molecule has 0 bridgehead atoms. The Morgan fingerprint density at radius 1 is 1.43 bits per heavy atom. The molecule has 118 valence electrons. The Hall–Kier alpha value is -1.83. The number of nitrogens with two attached hydrogens (primary N) is 1. The second-order valence-electron chi connectivity index (χ2n) is 5.91. The van der Waals surface area contributed by atoms with Gasteiger partial charge in [-0.2, -0.15) is 0 Å². The lowest BCUT2D eigenvalue weighted by molar-refractivity contribution is 0.318. The highest BCUT2D eigenvalue weighted by molar-refractivity contribution is 7.92. The first kappa shape index (κ1) is 17.2. The van der Waals surface area contributed by atoms with E-state index in [0.29, 0.717) is 6.42 Å². The Morgan fingerprint density at radius 2 is 2.05 bits per heavy atom. The average molecular weight is 317 g/mol. The summed E-state index contributed by atoms with van der Waals surface area (Å²) in [5.41, 5.74) is 5.20. The van der Waals surface area contributed by atoms with Gasteiger partial charge in [0, 0.05) is 5.69 Å². The Morgan fingerprint density at radius 3 is 2.57 bits per heavy atom. The van der Waals surface area contributed by atoms with Crippen molar-refractivity contribution in [2.75, 3.05) is 10.5 Å². The Balaban J connectivity index is 2.93. The van der Waals surface area contributed by atoms with Gasteiger partial charge < -0.3 is 10.9 Å². The van der Waals surface area contributed by atoms with Gasteiger partial charge in [0.2, 0.25) is 10.0 Å². The van der Waals surface area contributed by atoms with E-state index < -0.39 is 21.7 Å². The molecule has 0 atom stereocenters. The van der Waals surface area contributed by atoms with E-state index in [1.807, 2.05) is 20.8 Å². The summed E-state index contributed by atoms with van der Waals surface area (Å²) in [4.78, 5) is 0. The van der Waals surface area contributed by atoms with Crippen LogP contribution in [0.4, 0.5) is 10.1 Å². The lowest BCUT2D eigenvalue weighted by Gasteiger charge is -2.18. The van der Waals surface area contributed by atoms with E-state index in [2.05, 4.69) is 9.88 Å². The summed E-state index contributed by atoms with van der Waals surface area (Å²) < 4.78 is 39.8. The van der Waals surface area contributed by atoms with Crippen LogP contribution < -0.4 is 10.5 Å². The van der Waals surface area contributed by atoms with Crippen molar-refractivity contribution in [1.29, 1.82) is 0 Å². The van der Waals surface area contributed by atoms with Crippen LogP contribution in [0.5, 0.6) is 0 Å². The fourth-order valence-electron chi connectivity index (χ4n) is 1.51. The summed E-state index contributed by atoms with van der Waals surface area (Å²) in [6.45, 7) is 5.82. The molecule has 0 saturated carbocycles. The van der Waals surface area contributed by atoms with E-state index in [-0.39, 0.29) is 22.4 Å². The zero-order valence-corrected chi connectivity index (χ0v) is 13.0. The van der Waals surface area contributed by atoms with Crippen LogP contribution in [0, 0.1) is 11.2 Å². The Bertz CT molecular complexity index is 637. The highest BCUT2D eigenvalue weighted by Gasteiger charge is 2.18. The fraction of sp³-hybridized carbons (Fsp3) is 0.462. The van der Waals surface area contributed by atoms with Crippen LogP contribution in [0.25, 0.3) is 0 Å². The van der Waals surface area contributed by atoms with E-state index in [1.165, 1.54) is 12.1 Å². The number of benzene rings is 1. The minimum atomic E-state index is -3.55. The van der Waals surface area contributed by atoms with E-state index >= 15 is 0 Å². The minimum Gasteiger partial charge on any atom is -0.409 e. The predicted octanol–water partition coefficient (Wildman–Crippen LogP) is 2.10. The van der Waals surface area contributed by atoms with Crippen LogP contribution in [0.15, 0.2) is 23.4 Å². The van der Waals surface area contributed by atoms with E-state index in [0.717, 1.165) is 6.07 Å². The van der Waals surface area contributed by atoms with Crippen molar-refractivity contribution in [2.24, 2.45) is 16.3 Å². The number of oxime groups is 1. The van der Waals surface area contributed by atoms with Crippen molar-refractivity contribution < 1.29 is 18.0 Å². The highest BCUT2D eigenvalue weighted by Crippen LogP contribution is 2.21. The first-order valence-electron chi connectivity index (χ1n) is 6.32. The van der Waals surface area contributed by atoms with Crippen molar-refractivity contribution in [1.82, 2.24) is 0 Å². The Labute approximate surface area is 123 Å². The lowest BCUT2D eigenvalue weighted by atomic mass is 9.94. The number of halogens is 1. The lowest BCUT2D eigenvalue weighted by Crippen LogP contribution is -2.21. The SMILES string of the molecule is CC(C)(C)CCS(=O)(=O)Nc1ccc(F)c(/C(N)=N/O)c1. The minimum absolute atomic E-state index is 0.0488. The maximum Gasteiger partial charge on any atom is 0.232 e. The van der Waals surface area contributed by atoms with Gasteiger partial charge in [0.15, 0.2) is 5.84 Å². The van der Waals surface area contributed by atoms with Gasteiger partial charge in [0.25, 0.3) is 0 Å². The van der Waals surface area contributed by atoms with Gasteiger partial charge in [0.1, 0.15) is 5.82 Å². The van der Waals surface area contributed by atoms with E-state index in [9.17, 15) is 12.8 Å². The second-order valence-corrected chi connectivity index (χ2v) is 7.75. The largest absolute Gasteiger partial charge is 0.409 e. The zero-order chi connectivity index (χ0) is 16.3. The van der Waals surface area contributed by atoms with Gasteiger partial charge in [-0.25, -0.2) is 12.8 Å². The second kappa shape index (κ2) is 6.30. The van der Waals surface area contributed by atoms with Gasteiger partial charge in [-0.15, -0.1) is 0 Å². The van der Waals surface area contributed by atoms with Crippen LogP contribution in [0.1, 0.15) is 32.8 Å². The summed E-state index contributed by atoms with van der Waals surface area (Å²) in [6, 6.07) is 3.51. The molecular formula is C13H20FN3O3S. The summed E-state index contributed by atoms with van der Waals surface area (Å²) in [5.74, 6) is -1.18. The molecule has 0 heterocycles. The average Bonchev–Trinajstić information content (AvgIpc) is 2.37. The van der Waals surface area contributed by atoms with Crippen LogP contribution in [-0.2, 0) is 10.0 Å². The molecule has 0 spiro atoms. The standard InChI is InChI=1S/C13H20FN3O3S/c1-13(2,3)6-7-21(19,20)17-9-4-5-11(14)10(8-9)12(15)16-18/h4-5,8,17-18H,6-7H2,1-3H3,(H2,15,16). The van der Waals surface area contributed by atoms with Crippen LogP contribution >= 0.6 is 0 Å². The monoisotopic (exact) mass is 317 g/mol. The summed E-state index contributed by atoms with van der Waals surface area (Å²) in [5, 5.41) is 11.3. The molecule has 1 rings (SSSR count). The number of anilines is 1. The first-order chi connectivity index (χ1) is 9.54. The number of hydrogen-bond acceptors (Lipinski definition) is 4. The third-order valence-corrected chi connectivity index (χ3v) is 4.03. The molecule has 6 nitrogen and oxygen atoms in total. The van der Waals surface area contributed by atoms with Gasteiger partial charge in [-0.3, -0.25) is 4.72 Å². The molecule has 0 aromatic heterocycles. The molecule has 0 aliphatic heterocycles. The molecule has 0 amide bonds. The van der Waals surface area contributed by atoms with Crippen molar-refractivity contribution in [3.8, 4) is 0 Å². The molecule has 0 unspecified atom stereocenters. The van der Waals surface area contributed by atoms with Gasteiger partial charge in [-0.1, -0.05) is 25.9 Å². The third-order valence-electron chi connectivity index (χ3n) is 2.74. The number of hydrogen-bond donors (Lipinski definition) is 3. The third kappa shape index (κ3) is 5.58. The number of amidine groups is 1. The maximum atomic E-state index is 13.5. The highest BCUT2D eigenvalue weighted by atomic mass is 32.2. The molecule has 0 radical (unpaired) electrons. The molecule has 8 heteroatoms. The van der Waals surface area contributed by atoms with Crippen molar-refractivity contribution in [3.05, 3.63) is 29.6 Å². The fourth-order valence-corrected chi connectivity index (χ4v) is 2.98. The maximum absolute atomic E-state index is 13.5. The van der Waals surface area contributed by atoms with E-state index in [1.54, 1.807) is 0 Å². The van der Waals surface area contributed by atoms with Gasteiger partial charge >= 0.3 is 0 Å². The van der Waals surface area contributed by atoms with Gasteiger partial charge in [0.05, 0.1) is 11.3 Å². The zero-order valence-electron chi connectivity index (χ0n) is 12.2. The molecule has 4 N–H and O–H groups in total. The number of nitrogens with one attached hydrogen (secondary N) is 1. The number of rotatable bonds is 5.